The first-order valence-electron chi connectivity index (χ1n) is 6.51. The van der Waals surface area contributed by atoms with Gasteiger partial charge in [-0.25, -0.2) is 0 Å². The highest BCUT2D eigenvalue weighted by Crippen LogP contribution is 2.20. The second-order valence-corrected chi connectivity index (χ2v) is 4.64. The van der Waals surface area contributed by atoms with Crippen molar-refractivity contribution in [1.29, 1.82) is 0 Å². The van der Waals surface area contributed by atoms with E-state index in [-0.39, 0.29) is 12.1 Å². The molecule has 0 spiro atoms. The zero-order valence-electron chi connectivity index (χ0n) is 11.6. The number of nitrogens with zero attached hydrogens (tertiary/aromatic N) is 1. The number of pyridine rings is 1. The predicted molar refractivity (Wildman–Crippen MR) is 77.2 cm³/mol. The average molecular weight is 256 g/mol. The number of hydrogen-bond donors (Lipinski definition) is 1. The fraction of sp³-hybridized carbons (Fsp3) is 0.312. The van der Waals surface area contributed by atoms with Crippen LogP contribution in [0.4, 0.5) is 0 Å². The molecule has 0 bridgehead atoms. The SMILES string of the molecule is COc1ccc([C@H](C)NC(C)c2ccccn2)cc1. The van der Waals surface area contributed by atoms with Gasteiger partial charge in [0.05, 0.1) is 12.8 Å². The van der Waals surface area contributed by atoms with Gasteiger partial charge in [0.2, 0.25) is 0 Å². The van der Waals surface area contributed by atoms with Crippen LogP contribution in [-0.2, 0) is 0 Å². The molecular weight excluding hydrogens is 236 g/mol. The number of nitrogens with one attached hydrogen (secondary N) is 1. The van der Waals surface area contributed by atoms with Crippen molar-refractivity contribution in [3.63, 3.8) is 0 Å². The fourth-order valence-corrected chi connectivity index (χ4v) is 2.08. The van der Waals surface area contributed by atoms with Crippen LogP contribution < -0.4 is 10.1 Å². The molecule has 19 heavy (non-hydrogen) atoms. The van der Waals surface area contributed by atoms with Gasteiger partial charge in [0, 0.05) is 18.3 Å². The van der Waals surface area contributed by atoms with Crippen molar-refractivity contribution < 1.29 is 4.74 Å². The third kappa shape index (κ3) is 3.55. The van der Waals surface area contributed by atoms with Gasteiger partial charge in [-0.05, 0) is 43.7 Å². The molecule has 1 aromatic carbocycles. The van der Waals surface area contributed by atoms with Crippen molar-refractivity contribution in [3.05, 3.63) is 59.9 Å². The maximum Gasteiger partial charge on any atom is 0.118 e. The highest BCUT2D eigenvalue weighted by molar-refractivity contribution is 5.29. The quantitative estimate of drug-likeness (QED) is 0.889. The second-order valence-electron chi connectivity index (χ2n) is 4.64. The summed E-state index contributed by atoms with van der Waals surface area (Å²) < 4.78 is 5.17. The van der Waals surface area contributed by atoms with E-state index >= 15 is 0 Å². The Hall–Kier alpha value is -1.87. The van der Waals surface area contributed by atoms with E-state index in [0.717, 1.165) is 11.4 Å². The topological polar surface area (TPSA) is 34.1 Å². The second kappa shape index (κ2) is 6.34. The molecule has 2 aromatic rings. The third-order valence-electron chi connectivity index (χ3n) is 3.25. The van der Waals surface area contributed by atoms with Gasteiger partial charge in [0.15, 0.2) is 0 Å². The Morgan fingerprint density at radius 3 is 2.32 bits per heavy atom. The molecule has 0 aliphatic carbocycles. The molecule has 1 aromatic heterocycles. The lowest BCUT2D eigenvalue weighted by Crippen LogP contribution is -2.23. The van der Waals surface area contributed by atoms with E-state index in [9.17, 15) is 0 Å². The molecule has 0 aliphatic heterocycles. The van der Waals surface area contributed by atoms with E-state index in [1.807, 2.05) is 36.5 Å². The summed E-state index contributed by atoms with van der Waals surface area (Å²) in [6.07, 6.45) is 1.82. The molecular formula is C16H20N2O. The van der Waals surface area contributed by atoms with Gasteiger partial charge in [-0.3, -0.25) is 4.98 Å². The standard InChI is InChI=1S/C16H20N2O/c1-12(14-7-9-15(19-3)10-8-14)18-13(2)16-6-4-5-11-17-16/h4-13,18H,1-3H3/t12-,13?/m0/s1. The van der Waals surface area contributed by atoms with Crippen LogP contribution >= 0.6 is 0 Å². The van der Waals surface area contributed by atoms with Crippen LogP contribution in [0.1, 0.15) is 37.2 Å². The van der Waals surface area contributed by atoms with Gasteiger partial charge in [0.1, 0.15) is 5.75 Å². The molecule has 0 aliphatic rings. The Morgan fingerprint density at radius 1 is 1.00 bits per heavy atom. The van der Waals surface area contributed by atoms with Crippen LogP contribution in [0.25, 0.3) is 0 Å². The summed E-state index contributed by atoms with van der Waals surface area (Å²) in [6, 6.07) is 14.6. The van der Waals surface area contributed by atoms with Crippen LogP contribution in [0.15, 0.2) is 48.7 Å². The molecule has 2 atom stereocenters. The zero-order valence-corrected chi connectivity index (χ0v) is 11.6. The van der Waals surface area contributed by atoms with E-state index in [1.165, 1.54) is 5.56 Å². The lowest BCUT2D eigenvalue weighted by Gasteiger charge is -2.20. The maximum atomic E-state index is 5.17. The molecule has 3 nitrogen and oxygen atoms in total. The number of methoxy groups -OCH3 is 1. The summed E-state index contributed by atoms with van der Waals surface area (Å²) >= 11 is 0. The number of ether oxygens (including phenoxy) is 1. The van der Waals surface area contributed by atoms with E-state index in [1.54, 1.807) is 7.11 Å². The van der Waals surface area contributed by atoms with E-state index in [2.05, 4.69) is 36.3 Å². The number of aromatic nitrogens is 1. The van der Waals surface area contributed by atoms with E-state index < -0.39 is 0 Å². The van der Waals surface area contributed by atoms with Crippen LogP contribution in [-0.4, -0.2) is 12.1 Å². The van der Waals surface area contributed by atoms with Gasteiger partial charge < -0.3 is 10.1 Å². The summed E-state index contributed by atoms with van der Waals surface area (Å²) in [5.41, 5.74) is 2.30. The minimum absolute atomic E-state index is 0.221. The Kier molecular flexibility index (Phi) is 4.53. The van der Waals surface area contributed by atoms with E-state index in [0.29, 0.717) is 0 Å². The minimum Gasteiger partial charge on any atom is -0.497 e. The molecule has 0 saturated heterocycles. The Labute approximate surface area is 114 Å². The molecule has 3 heteroatoms. The molecule has 0 amide bonds. The van der Waals surface area contributed by atoms with E-state index in [4.69, 9.17) is 4.74 Å². The van der Waals surface area contributed by atoms with Crippen LogP contribution in [0.5, 0.6) is 5.75 Å². The molecule has 1 unspecified atom stereocenters. The van der Waals surface area contributed by atoms with Gasteiger partial charge in [-0.2, -0.15) is 0 Å². The summed E-state index contributed by atoms with van der Waals surface area (Å²) in [5, 5.41) is 3.55. The molecule has 100 valence electrons. The summed E-state index contributed by atoms with van der Waals surface area (Å²) in [5.74, 6) is 0.883. The molecule has 1 N–H and O–H groups in total. The molecule has 2 rings (SSSR count). The van der Waals surface area contributed by atoms with Gasteiger partial charge in [-0.1, -0.05) is 18.2 Å². The molecule has 0 fully saturated rings. The Bertz CT molecular complexity index is 496. The van der Waals surface area contributed by atoms with Crippen molar-refractivity contribution in [2.45, 2.75) is 25.9 Å². The first kappa shape index (κ1) is 13.6. The molecule has 0 radical (unpaired) electrons. The number of hydrogen-bond acceptors (Lipinski definition) is 3. The van der Waals surface area contributed by atoms with Crippen molar-refractivity contribution in [1.82, 2.24) is 10.3 Å². The monoisotopic (exact) mass is 256 g/mol. The number of benzene rings is 1. The largest absolute Gasteiger partial charge is 0.497 e. The van der Waals surface area contributed by atoms with Crippen LogP contribution in [0, 0.1) is 0 Å². The lowest BCUT2D eigenvalue weighted by molar-refractivity contribution is 0.414. The Morgan fingerprint density at radius 2 is 1.74 bits per heavy atom. The first-order valence-corrected chi connectivity index (χ1v) is 6.51. The van der Waals surface area contributed by atoms with Crippen molar-refractivity contribution >= 4 is 0 Å². The van der Waals surface area contributed by atoms with Crippen LogP contribution in [0.3, 0.4) is 0 Å². The van der Waals surface area contributed by atoms with Crippen molar-refractivity contribution in [3.8, 4) is 5.75 Å². The van der Waals surface area contributed by atoms with Crippen molar-refractivity contribution in [2.24, 2.45) is 0 Å². The summed E-state index contributed by atoms with van der Waals surface area (Å²) in [6.45, 7) is 4.28. The summed E-state index contributed by atoms with van der Waals surface area (Å²) in [4.78, 5) is 4.37. The van der Waals surface area contributed by atoms with Gasteiger partial charge in [-0.15, -0.1) is 0 Å². The van der Waals surface area contributed by atoms with Crippen LogP contribution in [0.2, 0.25) is 0 Å². The maximum absolute atomic E-state index is 5.17. The Balaban J connectivity index is 2.02. The van der Waals surface area contributed by atoms with Gasteiger partial charge in [0.25, 0.3) is 0 Å². The fourth-order valence-electron chi connectivity index (χ4n) is 2.08. The zero-order chi connectivity index (χ0) is 13.7. The minimum atomic E-state index is 0.221. The molecule has 1 heterocycles. The predicted octanol–water partition coefficient (Wildman–Crippen LogP) is 3.50. The number of rotatable bonds is 5. The van der Waals surface area contributed by atoms with Crippen molar-refractivity contribution in [2.75, 3.05) is 7.11 Å². The lowest BCUT2D eigenvalue weighted by atomic mass is 10.1. The van der Waals surface area contributed by atoms with Gasteiger partial charge >= 0.3 is 0 Å². The summed E-state index contributed by atoms with van der Waals surface area (Å²) in [7, 11) is 1.68. The average Bonchev–Trinajstić information content (AvgIpc) is 2.48. The first-order chi connectivity index (χ1) is 9.20. The highest BCUT2D eigenvalue weighted by atomic mass is 16.5. The smallest absolute Gasteiger partial charge is 0.118 e. The highest BCUT2D eigenvalue weighted by Gasteiger charge is 2.11. The molecule has 0 saturated carbocycles. The normalized spacial score (nSPS) is 13.8. The third-order valence-corrected chi connectivity index (χ3v) is 3.25.